The lowest BCUT2D eigenvalue weighted by atomic mass is 10.3. The number of carbonyl (C=O) groups excluding carboxylic acids is 1. The Morgan fingerprint density at radius 1 is 1.47 bits per heavy atom. The van der Waals surface area contributed by atoms with Gasteiger partial charge in [-0.25, -0.2) is 0 Å². The second kappa shape index (κ2) is 7.72. The average molecular weight is 251 g/mol. The van der Waals surface area contributed by atoms with Gasteiger partial charge in [-0.3, -0.25) is 4.79 Å². The van der Waals surface area contributed by atoms with Crippen LogP contribution in [0.25, 0.3) is 0 Å². The van der Waals surface area contributed by atoms with Crippen LogP contribution in [0.3, 0.4) is 0 Å². The first-order chi connectivity index (χ1) is 8.22. The van der Waals surface area contributed by atoms with Crippen molar-refractivity contribution in [2.45, 2.75) is 12.8 Å². The van der Waals surface area contributed by atoms with E-state index in [1.165, 1.54) is 0 Å². The Balaban J connectivity index is 2.23. The molecule has 3 nitrogen and oxygen atoms in total. The van der Waals surface area contributed by atoms with E-state index in [1.54, 1.807) is 24.3 Å². The molecule has 1 amide bonds. The zero-order valence-corrected chi connectivity index (χ0v) is 10.3. The fourth-order valence-corrected chi connectivity index (χ4v) is 1.48. The molecule has 1 aromatic carbocycles. The smallest absolute Gasteiger partial charge is 0.238 e. The van der Waals surface area contributed by atoms with Crippen molar-refractivity contribution in [2.24, 2.45) is 0 Å². The maximum absolute atomic E-state index is 11.5. The molecule has 0 spiro atoms. The summed E-state index contributed by atoms with van der Waals surface area (Å²) in [5.41, 5.74) is 0.702. The Hall–Kier alpha value is -1.50. The highest BCUT2D eigenvalue weighted by atomic mass is 35.5. The first-order valence-electron chi connectivity index (χ1n) is 5.42. The fourth-order valence-electron chi connectivity index (χ4n) is 1.29. The van der Waals surface area contributed by atoms with E-state index in [0.29, 0.717) is 10.7 Å². The Morgan fingerprint density at radius 3 is 3.00 bits per heavy atom. The van der Waals surface area contributed by atoms with Gasteiger partial charge in [0.1, 0.15) is 0 Å². The van der Waals surface area contributed by atoms with E-state index in [4.69, 9.17) is 18.0 Å². The number of carbonyl (C=O) groups is 1. The second-order valence-corrected chi connectivity index (χ2v) is 3.98. The molecule has 0 unspecified atom stereocenters. The van der Waals surface area contributed by atoms with Crippen LogP contribution in [0.4, 0.5) is 5.69 Å². The van der Waals surface area contributed by atoms with E-state index >= 15 is 0 Å². The molecule has 0 bridgehead atoms. The fraction of sp³-hybridized carbons (Fsp3) is 0.308. The van der Waals surface area contributed by atoms with Gasteiger partial charge in [-0.1, -0.05) is 17.7 Å². The second-order valence-electron chi connectivity index (χ2n) is 3.54. The van der Waals surface area contributed by atoms with E-state index in [1.807, 2.05) is 0 Å². The first-order valence-corrected chi connectivity index (χ1v) is 5.80. The largest absolute Gasteiger partial charge is 0.325 e. The number of halogens is 1. The van der Waals surface area contributed by atoms with Crippen molar-refractivity contribution in [3.05, 3.63) is 29.3 Å². The summed E-state index contributed by atoms with van der Waals surface area (Å²) in [5.74, 6) is 2.46. The van der Waals surface area contributed by atoms with E-state index in [-0.39, 0.29) is 12.5 Å². The Morgan fingerprint density at radius 2 is 2.29 bits per heavy atom. The third-order valence-corrected chi connectivity index (χ3v) is 2.30. The molecular formula is C13H15ClN2O. The van der Waals surface area contributed by atoms with Gasteiger partial charge in [0.15, 0.2) is 0 Å². The van der Waals surface area contributed by atoms with Crippen molar-refractivity contribution >= 4 is 23.2 Å². The van der Waals surface area contributed by atoms with Crippen molar-refractivity contribution in [1.82, 2.24) is 5.32 Å². The molecular weight excluding hydrogens is 236 g/mol. The summed E-state index contributed by atoms with van der Waals surface area (Å²) < 4.78 is 0. The summed E-state index contributed by atoms with van der Waals surface area (Å²) >= 11 is 5.80. The Kier molecular flexibility index (Phi) is 6.16. The number of rotatable bonds is 6. The molecule has 2 N–H and O–H groups in total. The van der Waals surface area contributed by atoms with Crippen molar-refractivity contribution in [2.75, 3.05) is 18.4 Å². The van der Waals surface area contributed by atoms with Gasteiger partial charge in [0, 0.05) is 17.1 Å². The number of benzene rings is 1. The summed E-state index contributed by atoms with van der Waals surface area (Å²) in [6.45, 7) is 1.02. The van der Waals surface area contributed by atoms with Gasteiger partial charge in [-0.05, 0) is 31.2 Å². The number of unbranched alkanes of at least 4 members (excludes halogenated alkanes) is 1. The average Bonchev–Trinajstić information content (AvgIpc) is 2.29. The highest BCUT2D eigenvalue weighted by Gasteiger charge is 2.01. The highest BCUT2D eigenvalue weighted by molar-refractivity contribution is 6.30. The van der Waals surface area contributed by atoms with Crippen LogP contribution in [-0.4, -0.2) is 19.0 Å². The van der Waals surface area contributed by atoms with Crippen molar-refractivity contribution in [1.29, 1.82) is 0 Å². The lowest BCUT2D eigenvalue weighted by Gasteiger charge is -2.06. The van der Waals surface area contributed by atoms with Crippen molar-refractivity contribution < 1.29 is 4.79 Å². The highest BCUT2D eigenvalue weighted by Crippen LogP contribution is 2.14. The third kappa shape index (κ3) is 5.96. The van der Waals surface area contributed by atoms with Crippen LogP contribution in [-0.2, 0) is 4.79 Å². The minimum atomic E-state index is -0.0898. The normalized spacial score (nSPS) is 9.65. The van der Waals surface area contributed by atoms with E-state index in [9.17, 15) is 4.79 Å². The molecule has 0 aliphatic heterocycles. The van der Waals surface area contributed by atoms with E-state index in [2.05, 4.69) is 16.6 Å². The predicted molar refractivity (Wildman–Crippen MR) is 71.0 cm³/mol. The number of amides is 1. The van der Waals surface area contributed by atoms with E-state index in [0.717, 1.165) is 19.4 Å². The van der Waals surface area contributed by atoms with Gasteiger partial charge < -0.3 is 10.6 Å². The van der Waals surface area contributed by atoms with Gasteiger partial charge in [0.25, 0.3) is 0 Å². The first kappa shape index (κ1) is 13.6. The lowest BCUT2D eigenvalue weighted by molar-refractivity contribution is -0.115. The number of hydrogen-bond acceptors (Lipinski definition) is 2. The van der Waals surface area contributed by atoms with Crippen molar-refractivity contribution in [3.63, 3.8) is 0 Å². The number of terminal acetylenes is 1. The van der Waals surface area contributed by atoms with Gasteiger partial charge >= 0.3 is 0 Å². The molecule has 0 aliphatic rings. The molecule has 0 fully saturated rings. The standard InChI is InChI=1S/C13H15ClN2O/c1-2-3-4-8-15-10-13(17)16-12-7-5-6-11(14)9-12/h1,5-7,9,15H,3-4,8,10H2,(H,16,17). The summed E-state index contributed by atoms with van der Waals surface area (Å²) in [7, 11) is 0. The summed E-state index contributed by atoms with van der Waals surface area (Å²) in [4.78, 5) is 11.5. The van der Waals surface area contributed by atoms with Crippen LogP contribution in [0.15, 0.2) is 24.3 Å². The summed E-state index contributed by atoms with van der Waals surface area (Å²) in [6.07, 6.45) is 6.72. The molecule has 1 rings (SSSR count). The minimum absolute atomic E-state index is 0.0898. The topological polar surface area (TPSA) is 41.1 Å². The Bertz CT molecular complexity index is 412. The van der Waals surface area contributed by atoms with Crippen LogP contribution >= 0.6 is 11.6 Å². The molecule has 0 heterocycles. The molecule has 17 heavy (non-hydrogen) atoms. The van der Waals surface area contributed by atoms with Crippen LogP contribution in [0, 0.1) is 12.3 Å². The van der Waals surface area contributed by atoms with Crippen LogP contribution in [0.1, 0.15) is 12.8 Å². The lowest BCUT2D eigenvalue weighted by Crippen LogP contribution is -2.28. The number of hydrogen-bond donors (Lipinski definition) is 2. The monoisotopic (exact) mass is 250 g/mol. The van der Waals surface area contributed by atoms with Crippen LogP contribution < -0.4 is 10.6 Å². The summed E-state index contributed by atoms with van der Waals surface area (Å²) in [5, 5.41) is 6.36. The predicted octanol–water partition coefficient (Wildman–Crippen LogP) is 2.28. The molecule has 4 heteroatoms. The number of anilines is 1. The Labute approximate surface area is 107 Å². The van der Waals surface area contributed by atoms with Gasteiger partial charge in [-0.2, -0.15) is 0 Å². The van der Waals surface area contributed by atoms with Crippen LogP contribution in [0.2, 0.25) is 5.02 Å². The molecule has 0 radical (unpaired) electrons. The van der Waals surface area contributed by atoms with E-state index < -0.39 is 0 Å². The quantitative estimate of drug-likeness (QED) is 0.601. The molecule has 0 aliphatic carbocycles. The van der Waals surface area contributed by atoms with Gasteiger partial charge in [0.2, 0.25) is 5.91 Å². The molecule has 90 valence electrons. The summed E-state index contributed by atoms with van der Waals surface area (Å²) in [6, 6.07) is 7.05. The zero-order valence-electron chi connectivity index (χ0n) is 9.50. The number of nitrogens with one attached hydrogen (secondary N) is 2. The molecule has 0 atom stereocenters. The molecule has 0 saturated heterocycles. The zero-order chi connectivity index (χ0) is 12.5. The third-order valence-electron chi connectivity index (χ3n) is 2.07. The SMILES string of the molecule is C#CCCCNCC(=O)Nc1cccc(Cl)c1. The maximum atomic E-state index is 11.5. The van der Waals surface area contributed by atoms with Crippen molar-refractivity contribution in [3.8, 4) is 12.3 Å². The molecule has 1 aromatic rings. The molecule has 0 saturated carbocycles. The van der Waals surface area contributed by atoms with Gasteiger partial charge in [-0.15, -0.1) is 12.3 Å². The van der Waals surface area contributed by atoms with Crippen LogP contribution in [0.5, 0.6) is 0 Å². The van der Waals surface area contributed by atoms with Gasteiger partial charge in [0.05, 0.1) is 6.54 Å². The molecule has 0 aromatic heterocycles. The minimum Gasteiger partial charge on any atom is -0.325 e. The maximum Gasteiger partial charge on any atom is 0.238 e.